The molecule has 3 fully saturated rings. The van der Waals surface area contributed by atoms with Crippen molar-refractivity contribution in [2.24, 2.45) is 5.41 Å². The molecule has 3 aliphatic rings. The van der Waals surface area contributed by atoms with Gasteiger partial charge in [0.25, 0.3) is 0 Å². The summed E-state index contributed by atoms with van der Waals surface area (Å²) in [5.74, 6) is -0.477. The van der Waals surface area contributed by atoms with E-state index >= 15 is 0 Å². The highest BCUT2D eigenvalue weighted by Gasteiger charge is 2.63. The summed E-state index contributed by atoms with van der Waals surface area (Å²) in [6.07, 6.45) is 4.93. The number of ketones is 1. The molecule has 0 aliphatic carbocycles. The number of fused-ring (bicyclic) bond motifs is 1. The highest BCUT2D eigenvalue weighted by atomic mass is 16.7. The molecule has 3 aliphatic heterocycles. The molecule has 0 saturated carbocycles. The van der Waals surface area contributed by atoms with Crippen LogP contribution in [0.1, 0.15) is 65.7 Å². The van der Waals surface area contributed by atoms with Crippen LogP contribution in [0.2, 0.25) is 0 Å². The van der Waals surface area contributed by atoms with Crippen molar-refractivity contribution in [1.29, 1.82) is 0 Å². The molecule has 0 aromatic heterocycles. The van der Waals surface area contributed by atoms with Gasteiger partial charge in [0, 0.05) is 25.7 Å². The first kappa shape index (κ1) is 15.9. The number of ether oxygens (including phenoxy) is 3. The minimum Gasteiger partial charge on any atom is -0.459 e. The van der Waals surface area contributed by atoms with Crippen molar-refractivity contribution in [2.75, 3.05) is 0 Å². The van der Waals surface area contributed by atoms with Gasteiger partial charge in [0.1, 0.15) is 18.0 Å². The first-order chi connectivity index (χ1) is 10.4. The Bertz CT molecular complexity index is 472. The molecule has 0 unspecified atom stereocenters. The molecule has 5 nitrogen and oxygen atoms in total. The van der Waals surface area contributed by atoms with E-state index in [0.29, 0.717) is 25.0 Å². The van der Waals surface area contributed by atoms with E-state index in [4.69, 9.17) is 14.2 Å². The van der Waals surface area contributed by atoms with E-state index in [2.05, 4.69) is 0 Å². The Balaban J connectivity index is 1.55. The largest absolute Gasteiger partial charge is 0.459 e. The van der Waals surface area contributed by atoms with Gasteiger partial charge in [-0.15, -0.1) is 0 Å². The summed E-state index contributed by atoms with van der Waals surface area (Å²) in [7, 11) is 0. The van der Waals surface area contributed by atoms with Gasteiger partial charge in [-0.2, -0.15) is 0 Å². The van der Waals surface area contributed by atoms with E-state index in [0.717, 1.165) is 25.7 Å². The summed E-state index contributed by atoms with van der Waals surface area (Å²) in [5.41, 5.74) is -0.604. The molecule has 5 heteroatoms. The second-order valence-corrected chi connectivity index (χ2v) is 7.42. The molecule has 3 rings (SSSR count). The molecule has 3 heterocycles. The van der Waals surface area contributed by atoms with Gasteiger partial charge in [-0.25, -0.2) is 0 Å². The molecular weight excluding hydrogens is 284 g/mol. The number of hydrogen-bond acceptors (Lipinski definition) is 5. The second-order valence-electron chi connectivity index (χ2n) is 7.42. The summed E-state index contributed by atoms with van der Waals surface area (Å²) < 4.78 is 17.7. The van der Waals surface area contributed by atoms with Crippen LogP contribution < -0.4 is 0 Å². The third-order valence-corrected chi connectivity index (χ3v) is 5.19. The van der Waals surface area contributed by atoms with Gasteiger partial charge in [-0.1, -0.05) is 6.92 Å². The fraction of sp³-hybridized carbons (Fsp3) is 0.882. The molecule has 22 heavy (non-hydrogen) atoms. The number of hydrogen-bond donors (Lipinski definition) is 0. The second kappa shape index (κ2) is 5.60. The number of esters is 1. The lowest BCUT2D eigenvalue weighted by atomic mass is 9.87. The van der Waals surface area contributed by atoms with Crippen LogP contribution in [0.5, 0.6) is 0 Å². The monoisotopic (exact) mass is 310 g/mol. The molecule has 3 saturated heterocycles. The molecule has 1 spiro atoms. The molecular formula is C17H26O5. The van der Waals surface area contributed by atoms with Crippen molar-refractivity contribution in [2.45, 2.75) is 89.8 Å². The molecule has 0 radical (unpaired) electrons. The zero-order valence-corrected chi connectivity index (χ0v) is 13.7. The van der Waals surface area contributed by atoms with Gasteiger partial charge in [-0.3, -0.25) is 9.59 Å². The van der Waals surface area contributed by atoms with Crippen LogP contribution in [0, 0.1) is 5.41 Å². The molecule has 124 valence electrons. The molecule has 0 aromatic rings. The standard InChI is InChI=1S/C17H26O5/c1-4-5-11(18)6-7-12-8-9-17(21-12)10-13-14(22-17)16(2,3)15(19)20-13/h12-14H,4-10H2,1-3H3/t12-,13-,14+,17+/m1/s1. The van der Waals surface area contributed by atoms with Gasteiger partial charge in [0.15, 0.2) is 5.79 Å². The number of carbonyl (C=O) groups excluding carboxylic acids is 2. The first-order valence-corrected chi connectivity index (χ1v) is 8.45. The van der Waals surface area contributed by atoms with Crippen molar-refractivity contribution in [1.82, 2.24) is 0 Å². The van der Waals surface area contributed by atoms with Crippen LogP contribution in [0.3, 0.4) is 0 Å². The van der Waals surface area contributed by atoms with E-state index < -0.39 is 11.2 Å². The Hall–Kier alpha value is -0.940. The Morgan fingerprint density at radius 3 is 2.73 bits per heavy atom. The van der Waals surface area contributed by atoms with Gasteiger partial charge in [-0.05, 0) is 33.1 Å². The van der Waals surface area contributed by atoms with Crippen molar-refractivity contribution in [3.05, 3.63) is 0 Å². The molecule has 0 N–H and O–H groups in total. The van der Waals surface area contributed by atoms with Crippen LogP contribution in [0.15, 0.2) is 0 Å². The van der Waals surface area contributed by atoms with Crippen LogP contribution in [0.25, 0.3) is 0 Å². The van der Waals surface area contributed by atoms with Crippen LogP contribution in [-0.2, 0) is 23.8 Å². The third kappa shape index (κ3) is 2.69. The van der Waals surface area contributed by atoms with E-state index in [1.54, 1.807) is 0 Å². The minimum atomic E-state index is -0.605. The molecule has 0 amide bonds. The van der Waals surface area contributed by atoms with E-state index in [1.165, 1.54) is 0 Å². The molecule has 0 bridgehead atoms. The van der Waals surface area contributed by atoms with Crippen LogP contribution in [-0.4, -0.2) is 35.9 Å². The maximum Gasteiger partial charge on any atom is 0.314 e. The average molecular weight is 310 g/mol. The van der Waals surface area contributed by atoms with Crippen molar-refractivity contribution < 1.29 is 23.8 Å². The SMILES string of the molecule is CCCC(=O)CC[C@@H]1CC[C@]2(C[C@H]3OC(=O)C(C)(C)[C@H]3O2)O1. The van der Waals surface area contributed by atoms with E-state index in [1.807, 2.05) is 20.8 Å². The first-order valence-electron chi connectivity index (χ1n) is 8.45. The topological polar surface area (TPSA) is 61.8 Å². The van der Waals surface area contributed by atoms with Crippen LogP contribution >= 0.6 is 0 Å². The Morgan fingerprint density at radius 1 is 1.27 bits per heavy atom. The van der Waals surface area contributed by atoms with Crippen molar-refractivity contribution >= 4 is 11.8 Å². The lowest BCUT2D eigenvalue weighted by Gasteiger charge is -2.28. The maximum absolute atomic E-state index is 11.8. The number of rotatable bonds is 5. The summed E-state index contributed by atoms with van der Waals surface area (Å²) >= 11 is 0. The van der Waals surface area contributed by atoms with Crippen molar-refractivity contribution in [3.63, 3.8) is 0 Å². The summed E-state index contributed by atoms with van der Waals surface area (Å²) in [6.45, 7) is 5.76. The number of Topliss-reactive ketones (excluding diaryl/α,β-unsaturated/α-hetero) is 1. The summed E-state index contributed by atoms with van der Waals surface area (Å²) in [4.78, 5) is 23.5. The zero-order chi connectivity index (χ0) is 16.0. The fourth-order valence-corrected chi connectivity index (χ4v) is 3.86. The predicted molar refractivity (Wildman–Crippen MR) is 79.1 cm³/mol. The maximum atomic E-state index is 11.8. The Labute approximate surface area is 131 Å². The quantitative estimate of drug-likeness (QED) is 0.731. The lowest BCUT2D eigenvalue weighted by Crippen LogP contribution is -2.37. The molecule has 0 aromatic carbocycles. The van der Waals surface area contributed by atoms with Crippen LogP contribution in [0.4, 0.5) is 0 Å². The predicted octanol–water partition coefficient (Wildman–Crippen LogP) is 2.75. The van der Waals surface area contributed by atoms with Gasteiger partial charge in [0.2, 0.25) is 0 Å². The zero-order valence-electron chi connectivity index (χ0n) is 13.7. The van der Waals surface area contributed by atoms with Gasteiger partial charge < -0.3 is 14.2 Å². The van der Waals surface area contributed by atoms with Gasteiger partial charge >= 0.3 is 5.97 Å². The third-order valence-electron chi connectivity index (χ3n) is 5.19. The smallest absolute Gasteiger partial charge is 0.314 e. The number of carbonyl (C=O) groups is 2. The highest BCUT2D eigenvalue weighted by molar-refractivity contribution is 5.79. The molecule has 4 atom stereocenters. The minimum absolute atomic E-state index is 0.0819. The Morgan fingerprint density at radius 2 is 2.05 bits per heavy atom. The lowest BCUT2D eigenvalue weighted by molar-refractivity contribution is -0.228. The Kier molecular flexibility index (Phi) is 4.06. The average Bonchev–Trinajstić information content (AvgIpc) is 3.07. The normalized spacial score (nSPS) is 39.2. The van der Waals surface area contributed by atoms with E-state index in [9.17, 15) is 9.59 Å². The fourth-order valence-electron chi connectivity index (χ4n) is 3.86. The highest BCUT2D eigenvalue weighted by Crippen LogP contribution is 2.51. The van der Waals surface area contributed by atoms with E-state index in [-0.39, 0.29) is 24.3 Å². The summed E-state index contributed by atoms with van der Waals surface area (Å²) in [5, 5.41) is 0. The summed E-state index contributed by atoms with van der Waals surface area (Å²) in [6, 6.07) is 0. The van der Waals surface area contributed by atoms with Gasteiger partial charge in [0.05, 0.1) is 11.5 Å². The van der Waals surface area contributed by atoms with Crippen molar-refractivity contribution in [3.8, 4) is 0 Å².